The molecule has 0 atom stereocenters. The highest BCUT2D eigenvalue weighted by Gasteiger charge is 2.18. The molecule has 0 bridgehead atoms. The van der Waals surface area contributed by atoms with Crippen LogP contribution in [0.5, 0.6) is 0 Å². The zero-order valence-corrected chi connectivity index (χ0v) is 10.3. The molecular weight excluding hydrogens is 214 g/mol. The molecule has 0 aliphatic rings. The Morgan fingerprint density at radius 2 is 1.76 bits per heavy atom. The Morgan fingerprint density at radius 3 is 2.24 bits per heavy atom. The molecule has 0 saturated carbocycles. The van der Waals surface area contributed by atoms with E-state index in [0.29, 0.717) is 11.4 Å². The van der Waals surface area contributed by atoms with E-state index in [4.69, 9.17) is 5.73 Å². The second-order valence-electron chi connectivity index (χ2n) is 4.43. The standard InChI is InChI=1S/C13H17N3O/c1-9(2)11-12(14)15(3)16(13(11)17)10-7-5-4-6-8-10/h4-9H,14H2,1-3H3. The van der Waals surface area contributed by atoms with Crippen molar-refractivity contribution in [1.29, 1.82) is 0 Å². The number of hydrogen-bond acceptors (Lipinski definition) is 2. The summed E-state index contributed by atoms with van der Waals surface area (Å²) in [7, 11) is 1.80. The highest BCUT2D eigenvalue weighted by atomic mass is 16.1. The Kier molecular flexibility index (Phi) is 2.79. The van der Waals surface area contributed by atoms with Gasteiger partial charge < -0.3 is 5.73 Å². The fraction of sp³-hybridized carbons (Fsp3) is 0.308. The zero-order chi connectivity index (χ0) is 12.6. The Bertz CT molecular complexity index is 579. The van der Waals surface area contributed by atoms with E-state index in [0.717, 1.165) is 5.69 Å². The van der Waals surface area contributed by atoms with Crippen LogP contribution < -0.4 is 11.3 Å². The molecule has 0 spiro atoms. The predicted molar refractivity (Wildman–Crippen MR) is 69.5 cm³/mol. The van der Waals surface area contributed by atoms with Crippen molar-refractivity contribution in [2.24, 2.45) is 7.05 Å². The van der Waals surface area contributed by atoms with Crippen LogP contribution in [0.3, 0.4) is 0 Å². The third-order valence-corrected chi connectivity index (χ3v) is 2.93. The number of aromatic nitrogens is 2. The van der Waals surface area contributed by atoms with Gasteiger partial charge in [0.1, 0.15) is 5.82 Å². The van der Waals surface area contributed by atoms with Crippen LogP contribution >= 0.6 is 0 Å². The number of benzene rings is 1. The topological polar surface area (TPSA) is 52.9 Å². The third kappa shape index (κ3) is 1.75. The molecule has 17 heavy (non-hydrogen) atoms. The lowest BCUT2D eigenvalue weighted by molar-refractivity contribution is 0.654. The number of nitrogens with zero attached hydrogens (tertiary/aromatic N) is 2. The molecule has 2 rings (SSSR count). The lowest BCUT2D eigenvalue weighted by Crippen LogP contribution is -2.21. The van der Waals surface area contributed by atoms with Gasteiger partial charge in [0, 0.05) is 7.05 Å². The molecule has 1 heterocycles. The molecule has 0 unspecified atom stereocenters. The molecule has 2 aromatic rings. The molecule has 1 aromatic heterocycles. The maximum absolute atomic E-state index is 12.3. The maximum Gasteiger partial charge on any atom is 0.277 e. The quantitative estimate of drug-likeness (QED) is 0.858. The first-order valence-corrected chi connectivity index (χ1v) is 5.66. The summed E-state index contributed by atoms with van der Waals surface area (Å²) in [4.78, 5) is 12.3. The Hall–Kier alpha value is -1.97. The van der Waals surface area contributed by atoms with E-state index in [1.807, 2.05) is 44.2 Å². The maximum atomic E-state index is 12.3. The van der Waals surface area contributed by atoms with E-state index < -0.39 is 0 Å². The number of para-hydroxylation sites is 1. The molecule has 2 N–H and O–H groups in total. The van der Waals surface area contributed by atoms with Gasteiger partial charge in [-0.15, -0.1) is 0 Å². The fourth-order valence-corrected chi connectivity index (χ4v) is 2.04. The zero-order valence-electron chi connectivity index (χ0n) is 10.3. The molecule has 1 aromatic carbocycles. The molecule has 4 nitrogen and oxygen atoms in total. The first kappa shape index (κ1) is 11.5. The van der Waals surface area contributed by atoms with Crippen molar-refractivity contribution in [3.63, 3.8) is 0 Å². The Morgan fingerprint density at radius 1 is 1.18 bits per heavy atom. The van der Waals surface area contributed by atoms with Crippen LogP contribution in [-0.4, -0.2) is 9.36 Å². The van der Waals surface area contributed by atoms with Crippen LogP contribution in [0.4, 0.5) is 5.82 Å². The summed E-state index contributed by atoms with van der Waals surface area (Å²) in [6.45, 7) is 3.95. The van der Waals surface area contributed by atoms with Gasteiger partial charge in [-0.25, -0.2) is 4.68 Å². The SMILES string of the molecule is CC(C)c1c(N)n(C)n(-c2ccccc2)c1=O. The summed E-state index contributed by atoms with van der Waals surface area (Å²) in [5, 5.41) is 0. The van der Waals surface area contributed by atoms with Crippen molar-refractivity contribution in [2.75, 3.05) is 5.73 Å². The summed E-state index contributed by atoms with van der Waals surface area (Å²) in [6, 6.07) is 9.51. The molecule has 0 aliphatic heterocycles. The second-order valence-corrected chi connectivity index (χ2v) is 4.43. The third-order valence-electron chi connectivity index (χ3n) is 2.93. The van der Waals surface area contributed by atoms with Crippen molar-refractivity contribution >= 4 is 5.82 Å². The van der Waals surface area contributed by atoms with Gasteiger partial charge in [0.15, 0.2) is 0 Å². The summed E-state index contributed by atoms with van der Waals surface area (Å²) in [5.74, 6) is 0.660. The van der Waals surface area contributed by atoms with E-state index in [1.54, 1.807) is 16.4 Å². The van der Waals surface area contributed by atoms with Gasteiger partial charge >= 0.3 is 0 Å². The number of nitrogen functional groups attached to an aromatic ring is 1. The number of rotatable bonds is 2. The van der Waals surface area contributed by atoms with Crippen LogP contribution in [0.15, 0.2) is 35.1 Å². The number of nitrogens with two attached hydrogens (primary N) is 1. The average Bonchev–Trinajstić information content (AvgIpc) is 2.51. The van der Waals surface area contributed by atoms with Crippen LogP contribution in [0, 0.1) is 0 Å². The van der Waals surface area contributed by atoms with Crippen molar-refractivity contribution in [1.82, 2.24) is 9.36 Å². The summed E-state index contributed by atoms with van der Waals surface area (Å²) in [6.07, 6.45) is 0. The molecular formula is C13H17N3O. The molecule has 4 heteroatoms. The van der Waals surface area contributed by atoms with Gasteiger partial charge in [0.25, 0.3) is 5.56 Å². The van der Waals surface area contributed by atoms with Gasteiger partial charge in [-0.2, -0.15) is 0 Å². The largest absolute Gasteiger partial charge is 0.384 e. The smallest absolute Gasteiger partial charge is 0.277 e. The van der Waals surface area contributed by atoms with Crippen LogP contribution in [-0.2, 0) is 7.05 Å². The normalized spacial score (nSPS) is 11.1. The van der Waals surface area contributed by atoms with Crippen LogP contribution in [0.25, 0.3) is 5.69 Å². The first-order chi connectivity index (χ1) is 8.04. The lowest BCUT2D eigenvalue weighted by Gasteiger charge is -2.07. The molecule has 0 radical (unpaired) electrons. The minimum atomic E-state index is -0.0359. The van der Waals surface area contributed by atoms with Crippen molar-refractivity contribution in [3.8, 4) is 5.69 Å². The first-order valence-electron chi connectivity index (χ1n) is 5.66. The minimum absolute atomic E-state index is 0.0359. The van der Waals surface area contributed by atoms with Gasteiger partial charge in [-0.3, -0.25) is 9.48 Å². The molecule has 0 fully saturated rings. The molecule has 0 amide bonds. The summed E-state index contributed by atoms with van der Waals surface area (Å²) in [5.41, 5.74) is 7.46. The van der Waals surface area contributed by atoms with Gasteiger partial charge in [-0.05, 0) is 18.1 Å². The molecule has 90 valence electrons. The van der Waals surface area contributed by atoms with Crippen molar-refractivity contribution in [3.05, 3.63) is 46.2 Å². The van der Waals surface area contributed by atoms with Crippen molar-refractivity contribution in [2.45, 2.75) is 19.8 Å². The van der Waals surface area contributed by atoms with Crippen molar-refractivity contribution < 1.29 is 0 Å². The molecule has 0 saturated heterocycles. The monoisotopic (exact) mass is 231 g/mol. The summed E-state index contributed by atoms with van der Waals surface area (Å²) < 4.78 is 3.30. The minimum Gasteiger partial charge on any atom is -0.384 e. The van der Waals surface area contributed by atoms with Crippen LogP contribution in [0.2, 0.25) is 0 Å². The highest BCUT2D eigenvalue weighted by molar-refractivity contribution is 5.44. The Labute approximate surface area is 100 Å². The number of hydrogen-bond donors (Lipinski definition) is 1. The fourth-order valence-electron chi connectivity index (χ4n) is 2.04. The highest BCUT2D eigenvalue weighted by Crippen LogP contribution is 2.19. The summed E-state index contributed by atoms with van der Waals surface area (Å²) >= 11 is 0. The van der Waals surface area contributed by atoms with E-state index in [2.05, 4.69) is 0 Å². The molecule has 0 aliphatic carbocycles. The Balaban J connectivity index is 2.73. The van der Waals surface area contributed by atoms with Gasteiger partial charge in [-0.1, -0.05) is 32.0 Å². The van der Waals surface area contributed by atoms with E-state index >= 15 is 0 Å². The second kappa shape index (κ2) is 4.13. The lowest BCUT2D eigenvalue weighted by atomic mass is 10.1. The predicted octanol–water partition coefficient (Wildman–Crippen LogP) is 1.88. The van der Waals surface area contributed by atoms with E-state index in [9.17, 15) is 4.79 Å². The van der Waals surface area contributed by atoms with Gasteiger partial charge in [0.2, 0.25) is 0 Å². The average molecular weight is 231 g/mol. The van der Waals surface area contributed by atoms with E-state index in [-0.39, 0.29) is 11.5 Å². The number of anilines is 1. The van der Waals surface area contributed by atoms with E-state index in [1.165, 1.54) is 0 Å². The van der Waals surface area contributed by atoms with Crippen LogP contribution in [0.1, 0.15) is 25.3 Å². The van der Waals surface area contributed by atoms with Gasteiger partial charge in [0.05, 0.1) is 11.3 Å².